The summed E-state index contributed by atoms with van der Waals surface area (Å²) < 4.78 is 22.8. The fraction of sp³-hybridized carbons (Fsp3) is 0.556. The molecule has 0 atom stereocenters. The SMILES string of the molecule is C#CCCCC(=O)N(CC#N)S(C)(=O)=O. The van der Waals surface area contributed by atoms with Gasteiger partial charge in [-0.25, -0.2) is 12.7 Å². The molecule has 0 spiro atoms. The first-order valence-corrected chi connectivity index (χ1v) is 6.09. The van der Waals surface area contributed by atoms with Crippen molar-refractivity contribution in [1.29, 1.82) is 5.26 Å². The molecule has 0 rings (SSSR count). The Morgan fingerprint density at radius 3 is 2.53 bits per heavy atom. The van der Waals surface area contributed by atoms with Crippen molar-refractivity contribution < 1.29 is 13.2 Å². The summed E-state index contributed by atoms with van der Waals surface area (Å²) >= 11 is 0. The van der Waals surface area contributed by atoms with Gasteiger partial charge < -0.3 is 0 Å². The van der Waals surface area contributed by atoms with E-state index in [0.29, 0.717) is 17.1 Å². The van der Waals surface area contributed by atoms with Crippen LogP contribution in [0.1, 0.15) is 19.3 Å². The predicted molar refractivity (Wildman–Crippen MR) is 54.9 cm³/mol. The lowest BCUT2D eigenvalue weighted by Crippen LogP contribution is -2.36. The van der Waals surface area contributed by atoms with E-state index in [0.717, 1.165) is 6.26 Å². The molecule has 6 heteroatoms. The first kappa shape index (κ1) is 13.5. The standard InChI is InChI=1S/C9H12N2O3S/c1-3-4-5-6-9(12)11(8-7-10)15(2,13)14/h1H,4-6,8H2,2H3. The highest BCUT2D eigenvalue weighted by atomic mass is 32.2. The maximum atomic E-state index is 11.4. The number of hydrogen-bond donors (Lipinski definition) is 0. The van der Waals surface area contributed by atoms with Gasteiger partial charge in [-0.2, -0.15) is 5.26 Å². The number of amides is 1. The summed E-state index contributed by atoms with van der Waals surface area (Å²) in [5.74, 6) is 1.76. The molecule has 0 aromatic rings. The quantitative estimate of drug-likeness (QED) is 0.380. The first-order valence-electron chi connectivity index (χ1n) is 4.24. The number of rotatable bonds is 5. The van der Waals surface area contributed by atoms with E-state index in [1.807, 2.05) is 0 Å². The molecule has 0 N–H and O–H groups in total. The smallest absolute Gasteiger partial charge is 0.237 e. The largest absolute Gasteiger partial charge is 0.274 e. The Labute approximate surface area is 89.7 Å². The van der Waals surface area contributed by atoms with E-state index >= 15 is 0 Å². The molecule has 1 amide bonds. The van der Waals surface area contributed by atoms with Crippen molar-refractivity contribution in [2.45, 2.75) is 19.3 Å². The molecular weight excluding hydrogens is 216 g/mol. The molecule has 0 fully saturated rings. The second-order valence-electron chi connectivity index (χ2n) is 2.88. The Kier molecular flexibility index (Phi) is 5.43. The summed E-state index contributed by atoms with van der Waals surface area (Å²) in [6.45, 7) is -0.451. The van der Waals surface area contributed by atoms with Crippen LogP contribution in [0.3, 0.4) is 0 Å². The highest BCUT2D eigenvalue weighted by Crippen LogP contribution is 2.04. The molecule has 0 aliphatic rings. The van der Waals surface area contributed by atoms with E-state index in [2.05, 4.69) is 5.92 Å². The van der Waals surface area contributed by atoms with E-state index in [4.69, 9.17) is 11.7 Å². The Hall–Kier alpha value is -1.53. The molecule has 0 aromatic carbocycles. The number of sulfonamides is 1. The lowest BCUT2D eigenvalue weighted by Gasteiger charge is -2.16. The highest BCUT2D eigenvalue weighted by molar-refractivity contribution is 7.88. The van der Waals surface area contributed by atoms with Gasteiger partial charge in [-0.15, -0.1) is 12.3 Å². The number of nitriles is 1. The van der Waals surface area contributed by atoms with Crippen molar-refractivity contribution in [3.63, 3.8) is 0 Å². The Morgan fingerprint density at radius 1 is 1.53 bits per heavy atom. The van der Waals surface area contributed by atoms with Crippen LogP contribution in [0, 0.1) is 23.7 Å². The fourth-order valence-electron chi connectivity index (χ4n) is 0.921. The summed E-state index contributed by atoms with van der Waals surface area (Å²) in [5, 5.41) is 8.38. The van der Waals surface area contributed by atoms with Gasteiger partial charge in [0.2, 0.25) is 15.9 Å². The van der Waals surface area contributed by atoms with Gasteiger partial charge in [0.1, 0.15) is 6.54 Å². The monoisotopic (exact) mass is 228 g/mol. The number of nitrogens with zero attached hydrogens (tertiary/aromatic N) is 2. The first-order chi connectivity index (χ1) is 6.93. The highest BCUT2D eigenvalue weighted by Gasteiger charge is 2.21. The molecule has 0 saturated carbocycles. The number of unbranched alkanes of at least 4 members (excludes halogenated alkanes) is 1. The van der Waals surface area contributed by atoms with Gasteiger partial charge in [0, 0.05) is 12.8 Å². The van der Waals surface area contributed by atoms with Gasteiger partial charge in [0.25, 0.3) is 0 Å². The van der Waals surface area contributed by atoms with Gasteiger partial charge in [0.05, 0.1) is 12.3 Å². The molecule has 0 saturated heterocycles. The Balaban J connectivity index is 4.47. The lowest BCUT2D eigenvalue weighted by molar-refractivity contribution is -0.126. The zero-order valence-corrected chi connectivity index (χ0v) is 9.25. The second-order valence-corrected chi connectivity index (χ2v) is 4.79. The zero-order valence-electron chi connectivity index (χ0n) is 8.43. The maximum absolute atomic E-state index is 11.4. The van der Waals surface area contributed by atoms with Crippen molar-refractivity contribution in [2.24, 2.45) is 0 Å². The number of carbonyl (C=O) groups is 1. The van der Waals surface area contributed by atoms with Crippen molar-refractivity contribution in [2.75, 3.05) is 12.8 Å². The minimum atomic E-state index is -3.65. The molecular formula is C9H12N2O3S. The van der Waals surface area contributed by atoms with Gasteiger partial charge in [-0.05, 0) is 6.42 Å². The van der Waals surface area contributed by atoms with Crippen LogP contribution in [-0.4, -0.2) is 31.4 Å². The number of terminal acetylenes is 1. The Morgan fingerprint density at radius 2 is 2.13 bits per heavy atom. The normalized spacial score (nSPS) is 10.1. The average molecular weight is 228 g/mol. The molecule has 82 valence electrons. The molecule has 0 radical (unpaired) electrons. The maximum Gasteiger partial charge on any atom is 0.237 e. The number of carbonyl (C=O) groups excluding carboxylic acids is 1. The molecule has 0 aliphatic heterocycles. The molecule has 0 bridgehead atoms. The average Bonchev–Trinajstić information content (AvgIpc) is 2.12. The predicted octanol–water partition coefficient (Wildman–Crippen LogP) is 0.102. The van der Waals surface area contributed by atoms with E-state index in [9.17, 15) is 13.2 Å². The summed E-state index contributed by atoms with van der Waals surface area (Å²) in [6.07, 6.45) is 6.76. The Bertz CT molecular complexity index is 400. The molecule has 0 heterocycles. The molecule has 15 heavy (non-hydrogen) atoms. The summed E-state index contributed by atoms with van der Waals surface area (Å²) in [5.41, 5.74) is 0. The van der Waals surface area contributed by atoms with Gasteiger partial charge in [0.15, 0.2) is 0 Å². The van der Waals surface area contributed by atoms with E-state index in [1.54, 1.807) is 6.07 Å². The van der Waals surface area contributed by atoms with Crippen molar-refractivity contribution >= 4 is 15.9 Å². The molecule has 0 aromatic heterocycles. The summed E-state index contributed by atoms with van der Waals surface area (Å²) in [4.78, 5) is 11.4. The van der Waals surface area contributed by atoms with Crippen molar-refractivity contribution in [1.82, 2.24) is 4.31 Å². The number of hydrogen-bond acceptors (Lipinski definition) is 4. The fourth-order valence-corrected chi connectivity index (χ4v) is 1.67. The van der Waals surface area contributed by atoms with Gasteiger partial charge >= 0.3 is 0 Å². The summed E-state index contributed by atoms with van der Waals surface area (Å²) in [7, 11) is -3.65. The van der Waals surface area contributed by atoms with Crippen LogP contribution in [0.4, 0.5) is 0 Å². The van der Waals surface area contributed by atoms with Crippen LogP contribution < -0.4 is 0 Å². The third kappa shape index (κ3) is 5.04. The lowest BCUT2D eigenvalue weighted by atomic mass is 10.2. The third-order valence-electron chi connectivity index (χ3n) is 1.60. The summed E-state index contributed by atoms with van der Waals surface area (Å²) in [6, 6.07) is 1.63. The molecule has 5 nitrogen and oxygen atoms in total. The van der Waals surface area contributed by atoms with Gasteiger partial charge in [-0.3, -0.25) is 4.79 Å². The van der Waals surface area contributed by atoms with Crippen LogP contribution >= 0.6 is 0 Å². The third-order valence-corrected chi connectivity index (χ3v) is 2.74. The van der Waals surface area contributed by atoms with Crippen LogP contribution in [-0.2, 0) is 14.8 Å². The molecule has 0 unspecified atom stereocenters. The van der Waals surface area contributed by atoms with Gasteiger partial charge in [-0.1, -0.05) is 0 Å². The van der Waals surface area contributed by atoms with Crippen LogP contribution in [0.5, 0.6) is 0 Å². The molecule has 0 aliphatic carbocycles. The van der Waals surface area contributed by atoms with E-state index in [1.165, 1.54) is 0 Å². The van der Waals surface area contributed by atoms with Crippen molar-refractivity contribution in [3.8, 4) is 18.4 Å². The zero-order chi connectivity index (χ0) is 11.9. The van der Waals surface area contributed by atoms with Crippen LogP contribution in [0.25, 0.3) is 0 Å². The minimum Gasteiger partial charge on any atom is -0.274 e. The van der Waals surface area contributed by atoms with Crippen molar-refractivity contribution in [3.05, 3.63) is 0 Å². The van der Waals surface area contributed by atoms with E-state index < -0.39 is 22.5 Å². The topological polar surface area (TPSA) is 78.2 Å². The van der Waals surface area contributed by atoms with E-state index in [-0.39, 0.29) is 6.42 Å². The minimum absolute atomic E-state index is 0.0406. The van der Waals surface area contributed by atoms with Crippen LogP contribution in [0.15, 0.2) is 0 Å². The van der Waals surface area contributed by atoms with Crippen LogP contribution in [0.2, 0.25) is 0 Å². The second kappa shape index (κ2) is 6.05.